The van der Waals surface area contributed by atoms with Crippen LogP contribution in [0, 0.1) is 5.92 Å². The second kappa shape index (κ2) is 6.35. The summed E-state index contributed by atoms with van der Waals surface area (Å²) in [5, 5.41) is 13.3. The van der Waals surface area contributed by atoms with E-state index in [-0.39, 0.29) is 0 Å². The average Bonchev–Trinajstić information content (AvgIpc) is 2.98. The first-order chi connectivity index (χ1) is 9.88. The van der Waals surface area contributed by atoms with E-state index in [0.717, 1.165) is 36.0 Å². The molecule has 3 rings (SSSR count). The standard InChI is InChI=1S/C14H18BrN5/c15-9-8-12-5-4-10-19(11-12)14-16-17-18-20(14)13-6-2-1-3-7-13/h1-3,6-7,12H,4-5,8-11H2. The van der Waals surface area contributed by atoms with E-state index in [9.17, 15) is 0 Å². The second-order valence-corrected chi connectivity index (χ2v) is 5.95. The van der Waals surface area contributed by atoms with E-state index >= 15 is 0 Å². The van der Waals surface area contributed by atoms with Gasteiger partial charge in [-0.05, 0) is 47.7 Å². The van der Waals surface area contributed by atoms with Crippen molar-refractivity contribution in [3.63, 3.8) is 0 Å². The van der Waals surface area contributed by atoms with Gasteiger partial charge in [0, 0.05) is 18.4 Å². The van der Waals surface area contributed by atoms with Crippen molar-refractivity contribution in [2.45, 2.75) is 19.3 Å². The summed E-state index contributed by atoms with van der Waals surface area (Å²) in [5.74, 6) is 1.58. The lowest BCUT2D eigenvalue weighted by atomic mass is 9.96. The maximum Gasteiger partial charge on any atom is 0.250 e. The van der Waals surface area contributed by atoms with Crippen LogP contribution >= 0.6 is 15.9 Å². The third-order valence-electron chi connectivity index (χ3n) is 3.77. The summed E-state index contributed by atoms with van der Waals surface area (Å²) in [6.07, 6.45) is 3.72. The highest BCUT2D eigenvalue weighted by molar-refractivity contribution is 9.09. The Hall–Kier alpha value is -1.43. The molecule has 1 fully saturated rings. The molecule has 106 valence electrons. The van der Waals surface area contributed by atoms with Crippen molar-refractivity contribution < 1.29 is 0 Å². The highest BCUT2D eigenvalue weighted by atomic mass is 79.9. The molecule has 6 heteroatoms. The van der Waals surface area contributed by atoms with E-state index in [0.29, 0.717) is 0 Å². The van der Waals surface area contributed by atoms with Crippen LogP contribution in [0.5, 0.6) is 0 Å². The monoisotopic (exact) mass is 335 g/mol. The normalized spacial score (nSPS) is 19.2. The first kappa shape index (κ1) is 13.5. The summed E-state index contributed by atoms with van der Waals surface area (Å²) < 4.78 is 1.83. The van der Waals surface area contributed by atoms with Crippen LogP contribution in [0.15, 0.2) is 30.3 Å². The minimum Gasteiger partial charge on any atom is -0.339 e. The number of benzene rings is 1. The number of anilines is 1. The quantitative estimate of drug-likeness (QED) is 0.806. The molecule has 1 unspecified atom stereocenters. The summed E-state index contributed by atoms with van der Waals surface area (Å²) in [6.45, 7) is 2.07. The lowest BCUT2D eigenvalue weighted by Crippen LogP contribution is -2.37. The van der Waals surface area contributed by atoms with E-state index in [1.807, 2.05) is 35.0 Å². The molecule has 0 aliphatic carbocycles. The van der Waals surface area contributed by atoms with Gasteiger partial charge in [-0.25, -0.2) is 0 Å². The number of hydrogen-bond donors (Lipinski definition) is 0. The molecule has 0 N–H and O–H groups in total. The van der Waals surface area contributed by atoms with Crippen LogP contribution in [0.3, 0.4) is 0 Å². The van der Waals surface area contributed by atoms with Crippen LogP contribution in [0.2, 0.25) is 0 Å². The van der Waals surface area contributed by atoms with Gasteiger partial charge in [0.05, 0.1) is 5.69 Å². The number of rotatable bonds is 4. The third-order valence-corrected chi connectivity index (χ3v) is 4.23. The molecule has 2 aromatic rings. The Balaban J connectivity index is 1.82. The second-order valence-electron chi connectivity index (χ2n) is 5.16. The van der Waals surface area contributed by atoms with Gasteiger partial charge in [-0.2, -0.15) is 4.68 Å². The topological polar surface area (TPSA) is 46.8 Å². The Morgan fingerprint density at radius 3 is 2.90 bits per heavy atom. The van der Waals surface area contributed by atoms with Gasteiger partial charge in [-0.3, -0.25) is 0 Å². The molecular weight excluding hydrogens is 318 g/mol. The van der Waals surface area contributed by atoms with Crippen molar-refractivity contribution >= 4 is 21.9 Å². The molecular formula is C14H18BrN5. The first-order valence-corrected chi connectivity index (χ1v) is 8.15. The van der Waals surface area contributed by atoms with Crippen LogP contribution in [-0.2, 0) is 0 Å². The predicted octanol–water partition coefficient (Wildman–Crippen LogP) is 2.66. The smallest absolute Gasteiger partial charge is 0.250 e. The number of nitrogens with zero attached hydrogens (tertiary/aromatic N) is 5. The van der Waals surface area contributed by atoms with Crippen molar-refractivity contribution in [2.75, 3.05) is 23.3 Å². The van der Waals surface area contributed by atoms with Gasteiger partial charge in [0.25, 0.3) is 0 Å². The van der Waals surface area contributed by atoms with Crippen LogP contribution in [-0.4, -0.2) is 38.6 Å². The number of aromatic nitrogens is 4. The SMILES string of the molecule is BrCCC1CCCN(c2nnnn2-c2ccccc2)C1. The van der Waals surface area contributed by atoms with Crippen molar-refractivity contribution in [2.24, 2.45) is 5.92 Å². The van der Waals surface area contributed by atoms with Crippen LogP contribution in [0.4, 0.5) is 5.95 Å². The lowest BCUT2D eigenvalue weighted by molar-refractivity contribution is 0.402. The molecule has 0 amide bonds. The van der Waals surface area contributed by atoms with Gasteiger partial charge >= 0.3 is 0 Å². The van der Waals surface area contributed by atoms with E-state index < -0.39 is 0 Å². The Morgan fingerprint density at radius 1 is 1.25 bits per heavy atom. The summed E-state index contributed by atoms with van der Waals surface area (Å²) in [5.41, 5.74) is 1.01. The van der Waals surface area contributed by atoms with Crippen LogP contribution in [0.1, 0.15) is 19.3 Å². The van der Waals surface area contributed by atoms with Crippen LogP contribution in [0.25, 0.3) is 5.69 Å². The van der Waals surface area contributed by atoms with Crippen molar-refractivity contribution in [1.82, 2.24) is 20.2 Å². The molecule has 1 aromatic heterocycles. The molecule has 1 aliphatic rings. The van der Waals surface area contributed by atoms with Crippen molar-refractivity contribution in [1.29, 1.82) is 0 Å². The van der Waals surface area contributed by atoms with E-state index in [2.05, 4.69) is 36.4 Å². The molecule has 0 spiro atoms. The molecule has 1 aromatic carbocycles. The zero-order chi connectivity index (χ0) is 13.8. The maximum absolute atomic E-state index is 4.23. The largest absolute Gasteiger partial charge is 0.339 e. The van der Waals surface area contributed by atoms with E-state index in [4.69, 9.17) is 0 Å². The Kier molecular flexibility index (Phi) is 4.30. The van der Waals surface area contributed by atoms with Gasteiger partial charge in [-0.1, -0.05) is 39.2 Å². The number of para-hydroxylation sites is 1. The molecule has 20 heavy (non-hydrogen) atoms. The van der Waals surface area contributed by atoms with Gasteiger partial charge < -0.3 is 4.90 Å². The number of halogens is 1. The fourth-order valence-corrected chi connectivity index (χ4v) is 3.40. The van der Waals surface area contributed by atoms with E-state index in [1.54, 1.807) is 0 Å². The highest BCUT2D eigenvalue weighted by Crippen LogP contribution is 2.25. The van der Waals surface area contributed by atoms with Crippen LogP contribution < -0.4 is 4.90 Å². The zero-order valence-electron chi connectivity index (χ0n) is 11.3. The molecule has 1 aliphatic heterocycles. The number of hydrogen-bond acceptors (Lipinski definition) is 4. The van der Waals surface area contributed by atoms with Gasteiger partial charge in [-0.15, -0.1) is 0 Å². The molecule has 0 bridgehead atoms. The number of alkyl halides is 1. The summed E-state index contributed by atoms with van der Waals surface area (Å²) in [6, 6.07) is 10.1. The predicted molar refractivity (Wildman–Crippen MR) is 82.5 cm³/mol. The van der Waals surface area contributed by atoms with Gasteiger partial charge in [0.1, 0.15) is 0 Å². The minimum atomic E-state index is 0.726. The van der Waals surface area contributed by atoms with Crippen molar-refractivity contribution in [3.8, 4) is 5.69 Å². The summed E-state index contributed by atoms with van der Waals surface area (Å²) in [7, 11) is 0. The fourth-order valence-electron chi connectivity index (χ4n) is 2.75. The Morgan fingerprint density at radius 2 is 2.10 bits per heavy atom. The summed E-state index contributed by atoms with van der Waals surface area (Å²) >= 11 is 3.54. The van der Waals surface area contributed by atoms with E-state index in [1.165, 1.54) is 19.3 Å². The summed E-state index contributed by atoms with van der Waals surface area (Å²) in [4.78, 5) is 2.31. The molecule has 5 nitrogen and oxygen atoms in total. The fraction of sp³-hybridized carbons (Fsp3) is 0.500. The maximum atomic E-state index is 4.23. The molecule has 0 radical (unpaired) electrons. The average molecular weight is 336 g/mol. The number of tetrazole rings is 1. The van der Waals surface area contributed by atoms with Gasteiger partial charge in [0.15, 0.2) is 0 Å². The zero-order valence-corrected chi connectivity index (χ0v) is 12.9. The molecule has 1 saturated heterocycles. The Bertz CT molecular complexity index is 540. The first-order valence-electron chi connectivity index (χ1n) is 7.03. The van der Waals surface area contributed by atoms with Crippen molar-refractivity contribution in [3.05, 3.63) is 30.3 Å². The lowest BCUT2D eigenvalue weighted by Gasteiger charge is -2.32. The highest BCUT2D eigenvalue weighted by Gasteiger charge is 2.23. The third kappa shape index (κ3) is 2.85. The minimum absolute atomic E-state index is 0.726. The molecule has 2 heterocycles. The molecule has 1 atom stereocenters. The number of piperidine rings is 1. The molecule has 0 saturated carbocycles. The van der Waals surface area contributed by atoms with Gasteiger partial charge in [0.2, 0.25) is 5.95 Å². The Labute approximate surface area is 127 Å².